The molecule has 2 nitrogen and oxygen atoms in total. The summed E-state index contributed by atoms with van der Waals surface area (Å²) in [6.07, 6.45) is 7.65. The molecule has 1 aromatic carbocycles. The molecule has 3 rings (SSSR count). The van der Waals surface area contributed by atoms with Gasteiger partial charge in [-0.1, -0.05) is 43.2 Å². The Labute approximate surface area is 109 Å². The molecule has 0 radical (unpaired) electrons. The molecule has 1 aliphatic carbocycles. The third-order valence-electron chi connectivity index (χ3n) is 3.87. The van der Waals surface area contributed by atoms with Crippen molar-refractivity contribution in [1.82, 2.24) is 9.78 Å². The first-order valence-electron chi connectivity index (χ1n) is 6.96. The van der Waals surface area contributed by atoms with E-state index in [2.05, 4.69) is 42.1 Å². The minimum Gasteiger partial charge on any atom is -0.267 e. The Bertz CT molecular complexity index is 526. The van der Waals surface area contributed by atoms with Crippen molar-refractivity contribution in [3.8, 4) is 11.3 Å². The second kappa shape index (κ2) is 4.97. The smallest absolute Gasteiger partial charge is 0.0713 e. The Hall–Kier alpha value is -1.57. The molecule has 1 aliphatic rings. The van der Waals surface area contributed by atoms with E-state index >= 15 is 0 Å². The molecule has 0 saturated heterocycles. The van der Waals surface area contributed by atoms with Crippen molar-refractivity contribution in [2.24, 2.45) is 7.05 Å². The van der Waals surface area contributed by atoms with E-state index < -0.39 is 0 Å². The van der Waals surface area contributed by atoms with E-state index in [1.807, 2.05) is 0 Å². The van der Waals surface area contributed by atoms with Gasteiger partial charge in [-0.3, -0.25) is 4.68 Å². The second-order valence-electron chi connectivity index (χ2n) is 5.18. The molecule has 18 heavy (non-hydrogen) atoms. The molecule has 1 heterocycles. The molecule has 0 fully saturated rings. The SMILES string of the molecule is Cn1nc2c(c1-c1ccccc1)CCCCCC2. The molecule has 2 aromatic rings. The summed E-state index contributed by atoms with van der Waals surface area (Å²) in [4.78, 5) is 0. The second-order valence-corrected chi connectivity index (χ2v) is 5.18. The van der Waals surface area contributed by atoms with Crippen molar-refractivity contribution in [2.75, 3.05) is 0 Å². The van der Waals surface area contributed by atoms with E-state index in [-0.39, 0.29) is 0 Å². The highest BCUT2D eigenvalue weighted by molar-refractivity contribution is 5.64. The highest BCUT2D eigenvalue weighted by atomic mass is 15.3. The van der Waals surface area contributed by atoms with Gasteiger partial charge in [-0.15, -0.1) is 0 Å². The van der Waals surface area contributed by atoms with Crippen LogP contribution in [0.3, 0.4) is 0 Å². The van der Waals surface area contributed by atoms with Crippen LogP contribution in [0.15, 0.2) is 30.3 Å². The number of hydrogen-bond donors (Lipinski definition) is 0. The van der Waals surface area contributed by atoms with Gasteiger partial charge in [0.25, 0.3) is 0 Å². The molecule has 0 unspecified atom stereocenters. The Morgan fingerprint density at radius 1 is 0.944 bits per heavy atom. The molecule has 0 spiro atoms. The molecule has 0 saturated carbocycles. The Balaban J connectivity index is 2.09. The number of aromatic nitrogens is 2. The maximum Gasteiger partial charge on any atom is 0.0713 e. The number of fused-ring (bicyclic) bond motifs is 1. The first-order valence-corrected chi connectivity index (χ1v) is 6.96. The van der Waals surface area contributed by atoms with Gasteiger partial charge in [0, 0.05) is 18.2 Å². The molecule has 0 aliphatic heterocycles. The van der Waals surface area contributed by atoms with Crippen LogP contribution in [0.2, 0.25) is 0 Å². The third-order valence-corrected chi connectivity index (χ3v) is 3.87. The minimum atomic E-state index is 1.15. The molecule has 0 amide bonds. The van der Waals surface area contributed by atoms with Gasteiger partial charge in [-0.2, -0.15) is 5.10 Å². The van der Waals surface area contributed by atoms with E-state index in [4.69, 9.17) is 5.10 Å². The Kier molecular flexibility index (Phi) is 3.18. The average Bonchev–Trinajstić information content (AvgIpc) is 2.66. The van der Waals surface area contributed by atoms with Crippen molar-refractivity contribution in [3.63, 3.8) is 0 Å². The van der Waals surface area contributed by atoms with Crippen LogP contribution in [0.4, 0.5) is 0 Å². The van der Waals surface area contributed by atoms with Gasteiger partial charge in [0.05, 0.1) is 11.4 Å². The zero-order chi connectivity index (χ0) is 12.4. The van der Waals surface area contributed by atoms with Crippen molar-refractivity contribution in [1.29, 1.82) is 0 Å². The standard InChI is InChI=1S/C16H20N2/c1-18-16(13-9-5-4-6-10-13)14-11-7-2-3-8-12-15(14)17-18/h4-6,9-10H,2-3,7-8,11-12H2,1H3. The van der Waals surface area contributed by atoms with Crippen LogP contribution < -0.4 is 0 Å². The lowest BCUT2D eigenvalue weighted by atomic mass is 9.95. The lowest BCUT2D eigenvalue weighted by molar-refractivity contribution is 0.609. The molecule has 0 atom stereocenters. The molecule has 94 valence electrons. The molecular formula is C16H20N2. The van der Waals surface area contributed by atoms with Crippen LogP contribution in [0.1, 0.15) is 36.9 Å². The van der Waals surface area contributed by atoms with Crippen LogP contribution >= 0.6 is 0 Å². The molecule has 1 aromatic heterocycles. The Morgan fingerprint density at radius 2 is 1.67 bits per heavy atom. The van der Waals surface area contributed by atoms with Gasteiger partial charge >= 0.3 is 0 Å². The summed E-state index contributed by atoms with van der Waals surface area (Å²) in [6.45, 7) is 0. The van der Waals surface area contributed by atoms with Gasteiger partial charge in [-0.05, 0) is 25.7 Å². The van der Waals surface area contributed by atoms with E-state index in [9.17, 15) is 0 Å². The first-order chi connectivity index (χ1) is 8.86. The van der Waals surface area contributed by atoms with Crippen LogP contribution in [0, 0.1) is 0 Å². The van der Waals surface area contributed by atoms with E-state index in [0.29, 0.717) is 0 Å². The van der Waals surface area contributed by atoms with Crippen molar-refractivity contribution < 1.29 is 0 Å². The van der Waals surface area contributed by atoms with Gasteiger partial charge in [0.1, 0.15) is 0 Å². The fourth-order valence-electron chi connectivity index (χ4n) is 2.99. The van der Waals surface area contributed by atoms with Gasteiger partial charge in [0.15, 0.2) is 0 Å². The van der Waals surface area contributed by atoms with Crippen LogP contribution in [-0.4, -0.2) is 9.78 Å². The monoisotopic (exact) mass is 240 g/mol. The van der Waals surface area contributed by atoms with E-state index in [1.54, 1.807) is 0 Å². The lowest BCUT2D eigenvalue weighted by Gasteiger charge is -2.10. The van der Waals surface area contributed by atoms with Gasteiger partial charge in [-0.25, -0.2) is 0 Å². The van der Waals surface area contributed by atoms with Gasteiger partial charge in [0.2, 0.25) is 0 Å². The summed E-state index contributed by atoms with van der Waals surface area (Å²) in [6, 6.07) is 10.7. The summed E-state index contributed by atoms with van der Waals surface area (Å²) < 4.78 is 2.07. The number of hydrogen-bond acceptors (Lipinski definition) is 1. The predicted molar refractivity (Wildman–Crippen MR) is 74.5 cm³/mol. The third kappa shape index (κ3) is 2.07. The summed E-state index contributed by atoms with van der Waals surface area (Å²) in [7, 11) is 2.08. The molecule has 2 heteroatoms. The highest BCUT2D eigenvalue weighted by Gasteiger charge is 2.18. The number of rotatable bonds is 1. The van der Waals surface area contributed by atoms with Crippen LogP contribution in [0.5, 0.6) is 0 Å². The lowest BCUT2D eigenvalue weighted by Crippen LogP contribution is -1.98. The number of nitrogens with zero attached hydrogens (tertiary/aromatic N) is 2. The van der Waals surface area contributed by atoms with Crippen LogP contribution in [-0.2, 0) is 19.9 Å². The zero-order valence-corrected chi connectivity index (χ0v) is 11.0. The van der Waals surface area contributed by atoms with Crippen molar-refractivity contribution >= 4 is 0 Å². The number of aryl methyl sites for hydroxylation is 2. The Morgan fingerprint density at radius 3 is 2.44 bits per heavy atom. The highest BCUT2D eigenvalue weighted by Crippen LogP contribution is 2.29. The maximum atomic E-state index is 4.75. The topological polar surface area (TPSA) is 17.8 Å². The van der Waals surface area contributed by atoms with Crippen molar-refractivity contribution in [3.05, 3.63) is 41.6 Å². The first kappa shape index (κ1) is 11.5. The van der Waals surface area contributed by atoms with Crippen molar-refractivity contribution in [2.45, 2.75) is 38.5 Å². The fourth-order valence-corrected chi connectivity index (χ4v) is 2.99. The maximum absolute atomic E-state index is 4.75. The summed E-state index contributed by atoms with van der Waals surface area (Å²) in [5.41, 5.74) is 5.45. The summed E-state index contributed by atoms with van der Waals surface area (Å²) in [5, 5.41) is 4.75. The predicted octanol–water partition coefficient (Wildman–Crippen LogP) is 3.75. The average molecular weight is 240 g/mol. The molecule has 0 bridgehead atoms. The normalized spacial score (nSPS) is 15.8. The quantitative estimate of drug-likeness (QED) is 0.742. The summed E-state index contributed by atoms with van der Waals surface area (Å²) >= 11 is 0. The summed E-state index contributed by atoms with van der Waals surface area (Å²) in [5.74, 6) is 0. The van der Waals surface area contributed by atoms with E-state index in [1.165, 1.54) is 54.6 Å². The molecular weight excluding hydrogens is 220 g/mol. The fraction of sp³-hybridized carbons (Fsp3) is 0.438. The molecule has 0 N–H and O–H groups in total. The minimum absolute atomic E-state index is 1.15. The van der Waals surface area contributed by atoms with Crippen LogP contribution in [0.25, 0.3) is 11.3 Å². The van der Waals surface area contributed by atoms with Gasteiger partial charge < -0.3 is 0 Å². The largest absolute Gasteiger partial charge is 0.267 e. The number of benzene rings is 1. The zero-order valence-electron chi connectivity index (χ0n) is 11.0. The van der Waals surface area contributed by atoms with E-state index in [0.717, 1.165) is 6.42 Å².